The number of morpholine rings is 1. The van der Waals surface area contributed by atoms with E-state index in [-0.39, 0.29) is 18.9 Å². The zero-order valence-electron chi connectivity index (χ0n) is 13.0. The van der Waals surface area contributed by atoms with Crippen LogP contribution in [0.5, 0.6) is 5.75 Å². The Bertz CT molecular complexity index is 559. The Morgan fingerprint density at radius 2 is 2.18 bits per heavy atom. The monoisotopic (exact) mass is 306 g/mol. The van der Waals surface area contributed by atoms with Crippen LogP contribution < -0.4 is 10.5 Å². The molecule has 2 amide bonds. The molecule has 0 aromatic heterocycles. The molecule has 1 aromatic carbocycles. The Hall–Kier alpha value is -2.08. The molecule has 2 rings (SSSR count). The van der Waals surface area contributed by atoms with Crippen molar-refractivity contribution in [1.82, 2.24) is 4.90 Å². The average Bonchev–Trinajstić information content (AvgIpc) is 2.51. The smallest absolute Gasteiger partial charge is 0.248 e. The van der Waals surface area contributed by atoms with E-state index in [4.69, 9.17) is 15.2 Å². The molecule has 0 spiro atoms. The summed E-state index contributed by atoms with van der Waals surface area (Å²) >= 11 is 0. The Morgan fingerprint density at radius 3 is 2.91 bits per heavy atom. The number of nitrogens with two attached hydrogens (primary N) is 1. The van der Waals surface area contributed by atoms with Gasteiger partial charge in [0.25, 0.3) is 0 Å². The summed E-state index contributed by atoms with van der Waals surface area (Å²) in [6, 6.07) is 5.84. The summed E-state index contributed by atoms with van der Waals surface area (Å²) in [7, 11) is 0. The van der Waals surface area contributed by atoms with E-state index in [1.807, 2.05) is 32.0 Å². The number of carbonyl (C=O) groups excluding carboxylic acids is 2. The number of hydrogen-bond acceptors (Lipinski definition) is 4. The van der Waals surface area contributed by atoms with Crippen LogP contribution in [0.4, 0.5) is 0 Å². The van der Waals surface area contributed by atoms with Gasteiger partial charge in [0, 0.05) is 6.54 Å². The Morgan fingerprint density at radius 1 is 1.41 bits per heavy atom. The quantitative estimate of drug-likeness (QED) is 0.872. The van der Waals surface area contributed by atoms with Crippen LogP contribution in [0.25, 0.3) is 0 Å². The van der Waals surface area contributed by atoms with E-state index in [0.717, 1.165) is 16.9 Å². The Balaban J connectivity index is 1.82. The minimum atomic E-state index is -0.711. The van der Waals surface area contributed by atoms with Gasteiger partial charge in [-0.15, -0.1) is 0 Å². The number of rotatable bonds is 5. The van der Waals surface area contributed by atoms with Crippen molar-refractivity contribution in [3.63, 3.8) is 0 Å². The number of primary amides is 1. The molecule has 6 heteroatoms. The molecule has 0 radical (unpaired) electrons. The number of carbonyl (C=O) groups is 2. The molecular formula is C16H22N2O4. The van der Waals surface area contributed by atoms with Crippen LogP contribution in [0.15, 0.2) is 18.2 Å². The second-order valence-electron chi connectivity index (χ2n) is 5.40. The third kappa shape index (κ3) is 3.98. The highest BCUT2D eigenvalue weighted by Gasteiger charge is 2.27. The number of amides is 2. The fraction of sp³-hybridized carbons (Fsp3) is 0.500. The van der Waals surface area contributed by atoms with Gasteiger partial charge in [0.1, 0.15) is 5.75 Å². The average molecular weight is 306 g/mol. The zero-order chi connectivity index (χ0) is 16.1. The first-order valence-corrected chi connectivity index (χ1v) is 7.36. The molecule has 0 aliphatic carbocycles. The zero-order valence-corrected chi connectivity index (χ0v) is 13.0. The maximum absolute atomic E-state index is 12.1. The number of benzene rings is 1. The van der Waals surface area contributed by atoms with Crippen molar-refractivity contribution in [2.24, 2.45) is 5.73 Å². The minimum Gasteiger partial charge on any atom is -0.493 e. The van der Waals surface area contributed by atoms with E-state index in [0.29, 0.717) is 19.8 Å². The first kappa shape index (κ1) is 16.3. The van der Waals surface area contributed by atoms with Crippen LogP contribution in [0.3, 0.4) is 0 Å². The molecule has 1 aromatic rings. The highest BCUT2D eigenvalue weighted by atomic mass is 16.5. The van der Waals surface area contributed by atoms with Crippen molar-refractivity contribution < 1.29 is 19.1 Å². The van der Waals surface area contributed by atoms with Crippen molar-refractivity contribution in [2.75, 3.05) is 26.3 Å². The standard InChI is InChI=1S/C16H22N2O4/c1-11-4-3-5-13(12(11)2)21-8-6-15(19)18-7-9-22-14(10-18)16(17)20/h3-5,14H,6-10H2,1-2H3,(H2,17,20)/t14-/m0/s1. The fourth-order valence-electron chi connectivity index (χ4n) is 2.33. The second-order valence-corrected chi connectivity index (χ2v) is 5.40. The van der Waals surface area contributed by atoms with Crippen LogP contribution in [0, 0.1) is 13.8 Å². The molecule has 1 atom stereocenters. The van der Waals surface area contributed by atoms with Crippen molar-refractivity contribution in [3.05, 3.63) is 29.3 Å². The van der Waals surface area contributed by atoms with Crippen molar-refractivity contribution in [1.29, 1.82) is 0 Å². The maximum atomic E-state index is 12.1. The fourth-order valence-corrected chi connectivity index (χ4v) is 2.33. The van der Waals surface area contributed by atoms with Gasteiger partial charge in [-0.05, 0) is 31.0 Å². The first-order valence-electron chi connectivity index (χ1n) is 7.36. The summed E-state index contributed by atoms with van der Waals surface area (Å²) < 4.78 is 10.9. The van der Waals surface area contributed by atoms with Gasteiger partial charge < -0.3 is 20.1 Å². The van der Waals surface area contributed by atoms with E-state index in [1.165, 1.54) is 0 Å². The predicted molar refractivity (Wildman–Crippen MR) is 81.5 cm³/mol. The lowest BCUT2D eigenvalue weighted by Crippen LogP contribution is -2.50. The molecule has 1 aliphatic heterocycles. The topological polar surface area (TPSA) is 81.9 Å². The summed E-state index contributed by atoms with van der Waals surface area (Å²) in [5.41, 5.74) is 7.44. The lowest BCUT2D eigenvalue weighted by atomic mass is 10.1. The number of ether oxygens (including phenoxy) is 2. The van der Waals surface area contributed by atoms with Gasteiger partial charge in [-0.1, -0.05) is 12.1 Å². The molecule has 0 bridgehead atoms. The van der Waals surface area contributed by atoms with Gasteiger partial charge in [-0.25, -0.2) is 0 Å². The van der Waals surface area contributed by atoms with Gasteiger partial charge in [0.05, 0.1) is 26.2 Å². The van der Waals surface area contributed by atoms with Gasteiger partial charge in [-0.2, -0.15) is 0 Å². The van der Waals surface area contributed by atoms with Gasteiger partial charge in [-0.3, -0.25) is 9.59 Å². The van der Waals surface area contributed by atoms with Gasteiger partial charge >= 0.3 is 0 Å². The van der Waals surface area contributed by atoms with Crippen molar-refractivity contribution in [2.45, 2.75) is 26.4 Å². The van der Waals surface area contributed by atoms with Crippen LogP contribution in [-0.2, 0) is 14.3 Å². The number of nitrogens with zero attached hydrogens (tertiary/aromatic N) is 1. The van der Waals surface area contributed by atoms with Crippen LogP contribution in [-0.4, -0.2) is 49.1 Å². The summed E-state index contributed by atoms with van der Waals surface area (Å²) in [4.78, 5) is 24.9. The highest BCUT2D eigenvalue weighted by Crippen LogP contribution is 2.20. The summed E-state index contributed by atoms with van der Waals surface area (Å²) in [6.07, 6.45) is -0.448. The highest BCUT2D eigenvalue weighted by molar-refractivity contribution is 5.81. The minimum absolute atomic E-state index is 0.0557. The second kappa shape index (κ2) is 7.26. The first-order chi connectivity index (χ1) is 10.5. The van der Waals surface area contributed by atoms with Crippen LogP contribution >= 0.6 is 0 Å². The summed E-state index contributed by atoms with van der Waals surface area (Å²) in [6.45, 7) is 5.35. The molecule has 6 nitrogen and oxygen atoms in total. The van der Waals surface area contributed by atoms with Crippen molar-refractivity contribution in [3.8, 4) is 5.75 Å². The van der Waals surface area contributed by atoms with Gasteiger partial charge in [0.2, 0.25) is 11.8 Å². The molecule has 0 unspecified atom stereocenters. The Kier molecular flexibility index (Phi) is 5.38. The van der Waals surface area contributed by atoms with E-state index in [1.54, 1.807) is 4.90 Å². The number of aryl methyl sites for hydroxylation is 1. The molecule has 1 fully saturated rings. The van der Waals surface area contributed by atoms with Crippen LogP contribution in [0.2, 0.25) is 0 Å². The van der Waals surface area contributed by atoms with Crippen molar-refractivity contribution >= 4 is 11.8 Å². The SMILES string of the molecule is Cc1cccc(OCCC(=O)N2CCO[C@H](C(N)=O)C2)c1C. The van der Waals surface area contributed by atoms with Gasteiger partial charge in [0.15, 0.2) is 6.10 Å². The lowest BCUT2D eigenvalue weighted by molar-refractivity contribution is -0.145. The third-order valence-corrected chi connectivity index (χ3v) is 3.86. The molecule has 2 N–H and O–H groups in total. The van der Waals surface area contributed by atoms with E-state index in [9.17, 15) is 9.59 Å². The molecule has 0 saturated carbocycles. The predicted octanol–water partition coefficient (Wildman–Crippen LogP) is 0.785. The summed E-state index contributed by atoms with van der Waals surface area (Å²) in [5, 5.41) is 0. The van der Waals surface area contributed by atoms with E-state index >= 15 is 0 Å². The largest absolute Gasteiger partial charge is 0.493 e. The molecule has 1 saturated heterocycles. The third-order valence-electron chi connectivity index (χ3n) is 3.86. The summed E-state index contributed by atoms with van der Waals surface area (Å²) in [5.74, 6) is 0.203. The lowest BCUT2D eigenvalue weighted by Gasteiger charge is -2.31. The number of hydrogen-bond donors (Lipinski definition) is 1. The Labute approximate surface area is 130 Å². The molecule has 1 heterocycles. The molecule has 22 heavy (non-hydrogen) atoms. The van der Waals surface area contributed by atoms with E-state index < -0.39 is 12.0 Å². The maximum Gasteiger partial charge on any atom is 0.248 e. The molecule has 120 valence electrons. The molecular weight excluding hydrogens is 284 g/mol. The van der Waals surface area contributed by atoms with Crippen LogP contribution in [0.1, 0.15) is 17.5 Å². The normalized spacial score (nSPS) is 18.1. The van der Waals surface area contributed by atoms with E-state index in [2.05, 4.69) is 0 Å². The molecule has 1 aliphatic rings.